The summed E-state index contributed by atoms with van der Waals surface area (Å²) in [6.07, 6.45) is -2.14. The fourth-order valence-corrected chi connectivity index (χ4v) is 2.46. The van der Waals surface area contributed by atoms with Crippen LogP contribution in [-0.2, 0) is 30.5 Å². The number of halogens is 3. The molecule has 2 heterocycles. The van der Waals surface area contributed by atoms with E-state index in [4.69, 9.17) is 4.74 Å². The van der Waals surface area contributed by atoms with Gasteiger partial charge in [-0.2, -0.15) is 18.3 Å². The molecule has 0 spiro atoms. The molecule has 0 radical (unpaired) electrons. The van der Waals surface area contributed by atoms with Gasteiger partial charge in [-0.25, -0.2) is 4.79 Å². The summed E-state index contributed by atoms with van der Waals surface area (Å²) in [7, 11) is 0. The molecule has 1 aromatic heterocycles. The van der Waals surface area contributed by atoms with Crippen LogP contribution in [0, 0.1) is 0 Å². The number of carbonyl (C=O) groups is 1. The molecule has 22 heavy (non-hydrogen) atoms. The summed E-state index contributed by atoms with van der Waals surface area (Å²) in [6, 6.07) is -0.0469. The van der Waals surface area contributed by atoms with Crippen molar-refractivity contribution in [3.05, 3.63) is 17.0 Å². The first kappa shape index (κ1) is 15.1. The summed E-state index contributed by atoms with van der Waals surface area (Å²) in [4.78, 5) is 11.5. The highest BCUT2D eigenvalue weighted by atomic mass is 19.4. The summed E-state index contributed by atoms with van der Waals surface area (Å²) in [6.45, 7) is 0.743. The number of aromatic nitrogens is 2. The monoisotopic (exact) mass is 318 g/mol. The van der Waals surface area contributed by atoms with Gasteiger partial charge in [-0.05, 0) is 12.8 Å². The average molecular weight is 318 g/mol. The van der Waals surface area contributed by atoms with Crippen molar-refractivity contribution in [1.82, 2.24) is 20.4 Å². The second kappa shape index (κ2) is 5.79. The minimum atomic E-state index is -4.49. The molecule has 0 atom stereocenters. The van der Waals surface area contributed by atoms with Crippen LogP contribution in [0.1, 0.15) is 29.8 Å². The number of hydrogen-bond donors (Lipinski definition) is 2. The van der Waals surface area contributed by atoms with Crippen LogP contribution in [0.3, 0.4) is 0 Å². The van der Waals surface area contributed by atoms with Gasteiger partial charge in [-0.15, -0.1) is 0 Å². The average Bonchev–Trinajstić information content (AvgIpc) is 3.17. The van der Waals surface area contributed by atoms with Gasteiger partial charge in [0.1, 0.15) is 0 Å². The Balaban J connectivity index is 1.65. The number of rotatable bonds is 4. The summed E-state index contributed by atoms with van der Waals surface area (Å²) in [5.74, 6) is 0. The first-order valence-corrected chi connectivity index (χ1v) is 7.23. The normalized spacial score (nSPS) is 18.0. The van der Waals surface area contributed by atoms with Crippen molar-refractivity contribution < 1.29 is 22.7 Å². The standard InChI is InChI=1S/C13H17F3N4O2/c14-13(15,16)11-9-7-22-6-3-10(9)20(19-11)5-4-17-12(21)18-8-1-2-8/h8H,1-7H2,(H2,17,18,21). The van der Waals surface area contributed by atoms with Gasteiger partial charge >= 0.3 is 12.2 Å². The van der Waals surface area contributed by atoms with E-state index in [1.165, 1.54) is 4.68 Å². The Morgan fingerprint density at radius 2 is 2.18 bits per heavy atom. The number of carbonyl (C=O) groups excluding carboxylic acids is 1. The molecular weight excluding hydrogens is 301 g/mol. The van der Waals surface area contributed by atoms with Crippen molar-refractivity contribution in [2.75, 3.05) is 13.2 Å². The summed E-state index contributed by atoms with van der Waals surface area (Å²) >= 11 is 0. The third-order valence-electron chi connectivity index (χ3n) is 3.69. The molecule has 0 aromatic carbocycles. The lowest BCUT2D eigenvalue weighted by Gasteiger charge is -2.15. The van der Waals surface area contributed by atoms with Crippen molar-refractivity contribution in [3.63, 3.8) is 0 Å². The fraction of sp³-hybridized carbons (Fsp3) is 0.692. The van der Waals surface area contributed by atoms with Crippen molar-refractivity contribution in [2.45, 2.75) is 44.6 Å². The Morgan fingerprint density at radius 1 is 1.41 bits per heavy atom. The molecule has 1 aliphatic heterocycles. The Morgan fingerprint density at radius 3 is 2.86 bits per heavy atom. The first-order chi connectivity index (χ1) is 10.4. The number of nitrogens with zero attached hydrogens (tertiary/aromatic N) is 2. The highest BCUT2D eigenvalue weighted by molar-refractivity contribution is 5.74. The van der Waals surface area contributed by atoms with E-state index in [2.05, 4.69) is 15.7 Å². The third-order valence-corrected chi connectivity index (χ3v) is 3.69. The number of nitrogens with one attached hydrogen (secondary N) is 2. The van der Waals surface area contributed by atoms with Crippen molar-refractivity contribution >= 4 is 6.03 Å². The number of alkyl halides is 3. The Labute approximate surface area is 125 Å². The van der Waals surface area contributed by atoms with Crippen LogP contribution in [0.25, 0.3) is 0 Å². The smallest absolute Gasteiger partial charge is 0.376 e. The van der Waals surface area contributed by atoms with Gasteiger partial charge in [0.15, 0.2) is 5.69 Å². The molecule has 1 aliphatic carbocycles. The Kier molecular flexibility index (Phi) is 3.98. The lowest BCUT2D eigenvalue weighted by Crippen LogP contribution is -2.38. The molecule has 122 valence electrons. The van der Waals surface area contributed by atoms with Gasteiger partial charge < -0.3 is 15.4 Å². The molecule has 1 saturated carbocycles. The molecule has 1 aromatic rings. The Bertz CT molecular complexity index is 566. The number of amides is 2. The largest absolute Gasteiger partial charge is 0.435 e. The maximum atomic E-state index is 13.0. The predicted molar refractivity (Wildman–Crippen MR) is 70.1 cm³/mol. The van der Waals surface area contributed by atoms with Crippen LogP contribution < -0.4 is 10.6 Å². The van der Waals surface area contributed by atoms with Crippen molar-refractivity contribution in [2.24, 2.45) is 0 Å². The van der Waals surface area contributed by atoms with E-state index in [-0.39, 0.29) is 37.3 Å². The molecule has 1 fully saturated rings. The zero-order valence-corrected chi connectivity index (χ0v) is 11.9. The van der Waals surface area contributed by atoms with Crippen LogP contribution >= 0.6 is 0 Å². The van der Waals surface area contributed by atoms with Gasteiger partial charge in [0.25, 0.3) is 0 Å². The molecule has 9 heteroatoms. The molecule has 2 N–H and O–H groups in total. The zero-order chi connectivity index (χ0) is 15.7. The number of fused-ring (bicyclic) bond motifs is 1. The van der Waals surface area contributed by atoms with Crippen LogP contribution in [0.2, 0.25) is 0 Å². The van der Waals surface area contributed by atoms with Gasteiger partial charge in [-0.1, -0.05) is 0 Å². The molecule has 0 unspecified atom stereocenters. The summed E-state index contributed by atoms with van der Waals surface area (Å²) in [5, 5.41) is 9.06. The summed E-state index contributed by atoms with van der Waals surface area (Å²) < 4.78 is 45.4. The van der Waals surface area contributed by atoms with E-state index in [0.29, 0.717) is 18.7 Å². The maximum absolute atomic E-state index is 13.0. The van der Waals surface area contributed by atoms with Crippen LogP contribution in [0.5, 0.6) is 0 Å². The van der Waals surface area contributed by atoms with Crippen LogP contribution in [-0.4, -0.2) is 35.0 Å². The molecule has 0 bridgehead atoms. The maximum Gasteiger partial charge on any atom is 0.435 e. The molecule has 0 saturated heterocycles. The molecular formula is C13H17F3N4O2. The van der Waals surface area contributed by atoms with E-state index < -0.39 is 11.9 Å². The number of ether oxygens (including phenoxy) is 1. The second-order valence-electron chi connectivity index (χ2n) is 5.47. The highest BCUT2D eigenvalue weighted by Gasteiger charge is 2.39. The lowest BCUT2D eigenvalue weighted by atomic mass is 10.1. The number of urea groups is 1. The SMILES string of the molecule is O=C(NCCn1nc(C(F)(F)F)c2c1CCOC2)NC1CC1. The van der Waals surface area contributed by atoms with E-state index in [1.807, 2.05) is 0 Å². The third kappa shape index (κ3) is 3.34. The zero-order valence-electron chi connectivity index (χ0n) is 11.9. The minimum Gasteiger partial charge on any atom is -0.376 e. The highest BCUT2D eigenvalue weighted by Crippen LogP contribution is 2.34. The molecule has 2 aliphatic rings. The van der Waals surface area contributed by atoms with E-state index in [0.717, 1.165) is 12.8 Å². The van der Waals surface area contributed by atoms with Gasteiger partial charge in [0, 0.05) is 30.3 Å². The lowest BCUT2D eigenvalue weighted by molar-refractivity contribution is -0.142. The Hall–Kier alpha value is -1.77. The van der Waals surface area contributed by atoms with E-state index >= 15 is 0 Å². The van der Waals surface area contributed by atoms with E-state index in [9.17, 15) is 18.0 Å². The summed E-state index contributed by atoms with van der Waals surface area (Å²) in [5.41, 5.74) is -0.228. The van der Waals surface area contributed by atoms with E-state index in [1.54, 1.807) is 0 Å². The van der Waals surface area contributed by atoms with Gasteiger partial charge in [0.2, 0.25) is 0 Å². The first-order valence-electron chi connectivity index (χ1n) is 7.23. The minimum absolute atomic E-state index is 0.0697. The van der Waals surface area contributed by atoms with Gasteiger partial charge in [0.05, 0.1) is 19.8 Å². The topological polar surface area (TPSA) is 68.2 Å². The molecule has 2 amide bonds. The quantitative estimate of drug-likeness (QED) is 0.882. The van der Waals surface area contributed by atoms with Gasteiger partial charge in [-0.3, -0.25) is 4.68 Å². The predicted octanol–water partition coefficient (Wildman–Crippen LogP) is 1.44. The van der Waals surface area contributed by atoms with Crippen LogP contribution in [0.15, 0.2) is 0 Å². The van der Waals surface area contributed by atoms with Crippen LogP contribution in [0.4, 0.5) is 18.0 Å². The fourth-order valence-electron chi connectivity index (χ4n) is 2.46. The molecule has 6 nitrogen and oxygen atoms in total. The molecule has 3 rings (SSSR count). The number of hydrogen-bond acceptors (Lipinski definition) is 3. The van der Waals surface area contributed by atoms with Crippen molar-refractivity contribution in [1.29, 1.82) is 0 Å². The second-order valence-corrected chi connectivity index (χ2v) is 5.47. The van der Waals surface area contributed by atoms with Crippen molar-refractivity contribution in [3.8, 4) is 0 Å².